The molecule has 1 fully saturated rings. The molecule has 2 rings (SSSR count). The normalized spacial score (nSPS) is 17.6. The Morgan fingerprint density at radius 2 is 1.51 bits per heavy atom. The molecule has 254 valence electrons. The lowest BCUT2D eigenvalue weighted by atomic mass is 9.98. The van der Waals surface area contributed by atoms with Gasteiger partial charge >= 0.3 is 0 Å². The molecule has 0 saturated carbocycles. The number of carbonyl (C=O) groups excluding carboxylic acids is 2. The average molecular weight is 681 g/mol. The second-order valence-corrected chi connectivity index (χ2v) is 26.7. The molecule has 1 aliphatic rings. The molecule has 1 aliphatic heterocycles. The van der Waals surface area contributed by atoms with Gasteiger partial charge in [-0.2, -0.15) is 0 Å². The van der Waals surface area contributed by atoms with Gasteiger partial charge < -0.3 is 23.7 Å². The fourth-order valence-corrected chi connectivity index (χ4v) is 6.53. The van der Waals surface area contributed by atoms with Crippen molar-refractivity contribution in [1.29, 1.82) is 0 Å². The molecule has 0 amide bonds. The van der Waals surface area contributed by atoms with E-state index in [1.54, 1.807) is 6.92 Å². The van der Waals surface area contributed by atoms with Crippen molar-refractivity contribution in [2.45, 2.75) is 123 Å². The predicted octanol–water partition coefficient (Wildman–Crippen LogP) is 9.20. The molecule has 0 aliphatic carbocycles. The highest BCUT2D eigenvalue weighted by molar-refractivity contribution is 6.76. The van der Waals surface area contributed by atoms with Crippen molar-refractivity contribution in [3.63, 3.8) is 0 Å². The van der Waals surface area contributed by atoms with E-state index in [1.807, 2.05) is 20.8 Å². The molecule has 7 nitrogen and oxygen atoms in total. The molecule has 0 aromatic heterocycles. The first-order valence-corrected chi connectivity index (χ1v) is 23.9. The smallest absolute Gasteiger partial charge is 0.189 e. The van der Waals surface area contributed by atoms with Gasteiger partial charge in [0.25, 0.3) is 0 Å². The van der Waals surface area contributed by atoms with E-state index in [2.05, 4.69) is 58.4 Å². The lowest BCUT2D eigenvalue weighted by Crippen LogP contribution is -2.27. The summed E-state index contributed by atoms with van der Waals surface area (Å²) in [5.74, 6) is 1.04. The summed E-state index contributed by atoms with van der Waals surface area (Å²) in [6.45, 7) is 24.7. The Hall–Kier alpha value is -1.76. The van der Waals surface area contributed by atoms with Crippen LogP contribution in [-0.4, -0.2) is 66.7 Å². The molecule has 0 radical (unpaired) electrons. The summed E-state index contributed by atoms with van der Waals surface area (Å²) in [5, 5.41) is 0.381. The van der Waals surface area contributed by atoms with Crippen LogP contribution in [0.5, 0.6) is 11.5 Å². The zero-order valence-electron chi connectivity index (χ0n) is 29.6. The number of ketones is 1. The van der Waals surface area contributed by atoms with Crippen molar-refractivity contribution in [3.05, 3.63) is 45.0 Å². The summed E-state index contributed by atoms with van der Waals surface area (Å²) in [4.78, 5) is 24.5. The third-order valence-corrected chi connectivity index (χ3v) is 11.9. The summed E-state index contributed by atoms with van der Waals surface area (Å²) in [6, 6.07) is 2.04. The maximum absolute atomic E-state index is 12.3. The van der Waals surface area contributed by atoms with Crippen LogP contribution in [0.15, 0.2) is 23.3 Å². The van der Waals surface area contributed by atoms with Gasteiger partial charge in [-0.05, 0) is 77.1 Å². The minimum atomic E-state index is -1.25. The Morgan fingerprint density at radius 1 is 0.956 bits per heavy atom. The Balaban J connectivity index is 2.26. The van der Waals surface area contributed by atoms with Crippen LogP contribution in [-0.2, 0) is 25.4 Å². The van der Waals surface area contributed by atoms with Gasteiger partial charge in [-0.1, -0.05) is 68.6 Å². The molecule has 0 spiro atoms. The molecule has 1 saturated heterocycles. The van der Waals surface area contributed by atoms with Gasteiger partial charge in [0.05, 0.1) is 16.7 Å². The number of allylic oxidation sites excluding steroid dienone is 3. The average Bonchev–Trinajstić information content (AvgIpc) is 3.20. The number of ether oxygens (including phenoxy) is 5. The Bertz CT molecular complexity index is 1230. The number of aldehydes is 1. The lowest BCUT2D eigenvalue weighted by molar-refractivity contribution is -0.129. The maximum Gasteiger partial charge on any atom is 0.189 e. The van der Waals surface area contributed by atoms with Crippen LogP contribution in [0, 0.1) is 6.92 Å². The summed E-state index contributed by atoms with van der Waals surface area (Å²) in [6.07, 6.45) is 7.43. The second-order valence-electron chi connectivity index (χ2n) is 15.1. The molecule has 1 aromatic carbocycles. The first-order valence-electron chi connectivity index (χ1n) is 16.1. The number of halogens is 1. The van der Waals surface area contributed by atoms with E-state index in [4.69, 9.17) is 35.3 Å². The molecule has 0 bridgehead atoms. The highest BCUT2D eigenvalue weighted by atomic mass is 35.5. The number of benzene rings is 1. The third kappa shape index (κ3) is 13.1. The van der Waals surface area contributed by atoms with Gasteiger partial charge in [-0.25, -0.2) is 0 Å². The van der Waals surface area contributed by atoms with E-state index in [9.17, 15) is 9.59 Å². The van der Waals surface area contributed by atoms with Gasteiger partial charge in [0, 0.05) is 41.3 Å². The molecule has 1 aromatic rings. The maximum atomic E-state index is 12.3. The van der Waals surface area contributed by atoms with Crippen LogP contribution in [0.25, 0.3) is 0 Å². The fraction of sp³-hybridized carbons (Fsp3) is 0.657. The Morgan fingerprint density at radius 3 is 2.00 bits per heavy atom. The van der Waals surface area contributed by atoms with Gasteiger partial charge in [0.15, 0.2) is 25.7 Å². The van der Waals surface area contributed by atoms with E-state index >= 15 is 0 Å². The monoisotopic (exact) mass is 680 g/mol. The van der Waals surface area contributed by atoms with E-state index in [-0.39, 0.29) is 25.5 Å². The quantitative estimate of drug-likeness (QED) is 0.0474. The summed E-state index contributed by atoms with van der Waals surface area (Å²) in [5.41, 5.74) is 3.22. The van der Waals surface area contributed by atoms with Crippen LogP contribution in [0.3, 0.4) is 0 Å². The topological polar surface area (TPSA) is 80.3 Å². The first kappa shape index (κ1) is 39.4. The van der Waals surface area contributed by atoms with Crippen molar-refractivity contribution >= 4 is 39.8 Å². The zero-order valence-corrected chi connectivity index (χ0v) is 32.4. The Labute approximate surface area is 279 Å². The SMILES string of the molecule is C/C(=C\Cc1c(OCOCC[Si](C)(C)C)c(Cl)c(C)c(C=O)c1OCOCC[Si](C)(C)C)CC/C=C(\C)C1CC(=O)C(C)(C)O1. The summed E-state index contributed by atoms with van der Waals surface area (Å²) < 4.78 is 29.9. The number of Topliss-reactive ketones (excluding diaryl/α,β-unsaturated/α-hetero) is 1. The van der Waals surface area contributed by atoms with Crippen LogP contribution in [0.4, 0.5) is 0 Å². The highest BCUT2D eigenvalue weighted by Gasteiger charge is 2.40. The van der Waals surface area contributed by atoms with Crippen molar-refractivity contribution < 1.29 is 33.3 Å². The minimum Gasteiger partial charge on any atom is -0.466 e. The fourth-order valence-electron chi connectivity index (χ4n) is 4.74. The highest BCUT2D eigenvalue weighted by Crippen LogP contribution is 2.42. The molecule has 45 heavy (non-hydrogen) atoms. The van der Waals surface area contributed by atoms with Crippen LogP contribution in [0.1, 0.15) is 68.4 Å². The number of rotatable bonds is 19. The number of carbonyl (C=O) groups is 2. The minimum absolute atomic E-state index is 0.0286. The zero-order chi connectivity index (χ0) is 34.0. The molecule has 10 heteroatoms. The summed E-state index contributed by atoms with van der Waals surface area (Å²) in [7, 11) is -2.50. The molecule has 1 atom stereocenters. The van der Waals surface area contributed by atoms with Crippen LogP contribution < -0.4 is 9.47 Å². The standard InChI is InChI=1S/C35H57ClO7Si2/c1-25(13-12-14-26(2)30-21-31(38)35(4,5)43-30)15-16-28-33(41-23-39-17-19-44(6,7)8)29(22-37)27(3)32(36)34(28)42-24-40-18-20-45(9,10)11/h14-15,22,30H,12-13,16-21,23-24H2,1-11H3/b25-15+,26-14+. The van der Waals surface area contributed by atoms with Crippen molar-refractivity contribution in [2.24, 2.45) is 0 Å². The van der Waals surface area contributed by atoms with Crippen LogP contribution >= 0.6 is 11.6 Å². The van der Waals surface area contributed by atoms with E-state index in [1.165, 1.54) is 5.57 Å². The molecule has 1 unspecified atom stereocenters. The number of hydrogen-bond acceptors (Lipinski definition) is 7. The molecule has 0 N–H and O–H groups in total. The van der Waals surface area contributed by atoms with E-state index in [0.717, 1.165) is 36.8 Å². The van der Waals surface area contributed by atoms with Crippen molar-refractivity contribution in [3.8, 4) is 11.5 Å². The molecule has 1 heterocycles. The van der Waals surface area contributed by atoms with Crippen molar-refractivity contribution in [1.82, 2.24) is 0 Å². The summed E-state index contributed by atoms with van der Waals surface area (Å²) >= 11 is 6.82. The van der Waals surface area contributed by atoms with Crippen molar-refractivity contribution in [2.75, 3.05) is 26.8 Å². The van der Waals surface area contributed by atoms with Gasteiger partial charge in [0.1, 0.15) is 17.1 Å². The largest absolute Gasteiger partial charge is 0.466 e. The van der Waals surface area contributed by atoms with Gasteiger partial charge in [-0.15, -0.1) is 0 Å². The van der Waals surface area contributed by atoms with E-state index in [0.29, 0.717) is 59.3 Å². The van der Waals surface area contributed by atoms with Crippen LogP contribution in [0.2, 0.25) is 56.4 Å². The van der Waals surface area contributed by atoms with E-state index < -0.39 is 21.7 Å². The molecular weight excluding hydrogens is 624 g/mol. The van der Waals surface area contributed by atoms with Gasteiger partial charge in [-0.3, -0.25) is 9.59 Å². The molecular formula is C35H57ClO7Si2. The second kappa shape index (κ2) is 17.4. The van der Waals surface area contributed by atoms with Gasteiger partial charge in [0.2, 0.25) is 0 Å². The number of hydrogen-bond donors (Lipinski definition) is 0. The Kier molecular flexibility index (Phi) is 15.3. The third-order valence-electron chi connectivity index (χ3n) is 8.06. The predicted molar refractivity (Wildman–Crippen MR) is 190 cm³/mol. The lowest BCUT2D eigenvalue weighted by Gasteiger charge is -2.22. The first-order chi connectivity index (χ1) is 20.9.